The second kappa shape index (κ2) is 8.59. The summed E-state index contributed by atoms with van der Waals surface area (Å²) in [6, 6.07) is 10.5. The van der Waals surface area contributed by atoms with Gasteiger partial charge in [0.15, 0.2) is 5.15 Å². The Hall–Kier alpha value is -3.00. The molecule has 0 unspecified atom stereocenters. The highest BCUT2D eigenvalue weighted by atomic mass is 35.5. The van der Waals surface area contributed by atoms with E-state index in [-0.39, 0.29) is 29.7 Å². The first kappa shape index (κ1) is 17.4. The maximum Gasteiger partial charge on any atom is 0.407 e. The monoisotopic (exact) mass is 347 g/mol. The molecule has 1 aromatic carbocycles. The van der Waals surface area contributed by atoms with Gasteiger partial charge in [0.25, 0.3) is 5.91 Å². The Bertz CT molecular complexity index is 739. The Morgan fingerprint density at radius 1 is 1.21 bits per heavy atom. The topological polar surface area (TPSA) is 117 Å². The van der Waals surface area contributed by atoms with E-state index in [2.05, 4.69) is 20.8 Å². The largest absolute Gasteiger partial charge is 0.445 e. The standard InChI is InChI=1S/C15H14ClN5O3/c16-13-11(6-7-19-21-13)14(22)20-12(17)8-18-15(23)24-9-10-4-2-1-3-5-10/h1-7H,8-9H2,(H,18,23)(H2,17,20,22). The van der Waals surface area contributed by atoms with Crippen LogP contribution < -0.4 is 10.6 Å². The molecule has 124 valence electrons. The van der Waals surface area contributed by atoms with Crippen LogP contribution in [-0.4, -0.2) is 34.6 Å². The fourth-order valence-electron chi connectivity index (χ4n) is 1.67. The van der Waals surface area contributed by atoms with Crippen LogP contribution in [-0.2, 0) is 11.3 Å². The van der Waals surface area contributed by atoms with Crippen molar-refractivity contribution in [3.8, 4) is 0 Å². The highest BCUT2D eigenvalue weighted by Crippen LogP contribution is 2.09. The van der Waals surface area contributed by atoms with Crippen molar-refractivity contribution in [2.75, 3.05) is 6.54 Å². The van der Waals surface area contributed by atoms with Gasteiger partial charge in [-0.2, -0.15) is 5.10 Å². The number of amidine groups is 1. The van der Waals surface area contributed by atoms with E-state index in [4.69, 9.17) is 21.7 Å². The third-order valence-corrected chi connectivity index (χ3v) is 3.09. The number of hydrogen-bond acceptors (Lipinski definition) is 6. The van der Waals surface area contributed by atoms with E-state index in [1.165, 1.54) is 12.3 Å². The van der Waals surface area contributed by atoms with Gasteiger partial charge >= 0.3 is 6.09 Å². The second-order valence-electron chi connectivity index (χ2n) is 4.58. The van der Waals surface area contributed by atoms with E-state index in [0.29, 0.717) is 0 Å². The van der Waals surface area contributed by atoms with Crippen molar-refractivity contribution < 1.29 is 14.3 Å². The minimum absolute atomic E-state index is 0.0713. The molecular formula is C15H14ClN5O3. The Balaban J connectivity index is 1.73. The second-order valence-corrected chi connectivity index (χ2v) is 4.94. The summed E-state index contributed by atoms with van der Waals surface area (Å²) in [4.78, 5) is 23.4. The molecule has 0 fully saturated rings. The molecule has 9 heteroatoms. The van der Waals surface area contributed by atoms with Crippen molar-refractivity contribution in [3.63, 3.8) is 0 Å². The van der Waals surface area contributed by atoms with Gasteiger partial charge < -0.3 is 15.4 Å². The van der Waals surface area contributed by atoms with Crippen LogP contribution in [0.5, 0.6) is 0 Å². The van der Waals surface area contributed by atoms with E-state index < -0.39 is 12.0 Å². The van der Waals surface area contributed by atoms with E-state index in [0.717, 1.165) is 5.56 Å². The van der Waals surface area contributed by atoms with Crippen LogP contribution in [0.1, 0.15) is 15.9 Å². The molecule has 8 nitrogen and oxygen atoms in total. The maximum absolute atomic E-state index is 11.9. The van der Waals surface area contributed by atoms with Gasteiger partial charge in [-0.05, 0) is 11.6 Å². The molecule has 0 spiro atoms. The van der Waals surface area contributed by atoms with Crippen LogP contribution in [0.15, 0.2) is 42.6 Å². The fourth-order valence-corrected chi connectivity index (χ4v) is 1.86. The zero-order chi connectivity index (χ0) is 17.4. The summed E-state index contributed by atoms with van der Waals surface area (Å²) >= 11 is 5.73. The summed E-state index contributed by atoms with van der Waals surface area (Å²) in [5.74, 6) is -0.830. The summed E-state index contributed by atoms with van der Waals surface area (Å²) in [6.07, 6.45) is 0.616. The zero-order valence-corrected chi connectivity index (χ0v) is 13.2. The number of halogens is 1. The Kier molecular flexibility index (Phi) is 6.21. The lowest BCUT2D eigenvalue weighted by Crippen LogP contribution is -2.39. The number of nitrogens with one attached hydrogen (secondary N) is 3. The molecule has 0 saturated heterocycles. The first-order valence-corrected chi connectivity index (χ1v) is 7.24. The molecule has 2 rings (SSSR count). The van der Waals surface area contributed by atoms with Crippen molar-refractivity contribution in [2.24, 2.45) is 0 Å². The summed E-state index contributed by atoms with van der Waals surface area (Å²) in [7, 11) is 0. The van der Waals surface area contributed by atoms with Crippen LogP contribution in [0.4, 0.5) is 4.79 Å². The number of carbonyl (C=O) groups is 2. The molecule has 2 amide bonds. The third-order valence-electron chi connectivity index (χ3n) is 2.81. The summed E-state index contributed by atoms with van der Waals surface area (Å²) in [6.45, 7) is -0.0832. The summed E-state index contributed by atoms with van der Waals surface area (Å²) < 4.78 is 4.99. The molecule has 0 saturated carbocycles. The lowest BCUT2D eigenvalue weighted by atomic mass is 10.2. The van der Waals surface area contributed by atoms with E-state index in [1.54, 1.807) is 0 Å². The molecule has 0 aliphatic rings. The number of carbonyl (C=O) groups excluding carboxylic acids is 2. The van der Waals surface area contributed by atoms with Crippen LogP contribution in [0.2, 0.25) is 5.15 Å². The number of alkyl carbamates (subject to hydrolysis) is 1. The molecule has 0 bridgehead atoms. The van der Waals surface area contributed by atoms with Crippen molar-refractivity contribution >= 4 is 29.4 Å². The van der Waals surface area contributed by atoms with Crippen LogP contribution >= 0.6 is 11.6 Å². The van der Waals surface area contributed by atoms with Crippen molar-refractivity contribution in [2.45, 2.75) is 6.61 Å². The minimum Gasteiger partial charge on any atom is -0.445 e. The predicted molar refractivity (Wildman–Crippen MR) is 86.9 cm³/mol. The molecule has 2 aromatic rings. The average molecular weight is 348 g/mol. The first-order chi connectivity index (χ1) is 11.6. The van der Waals surface area contributed by atoms with Crippen LogP contribution in [0.25, 0.3) is 0 Å². The molecular weight excluding hydrogens is 334 g/mol. The first-order valence-electron chi connectivity index (χ1n) is 6.87. The van der Waals surface area contributed by atoms with E-state index >= 15 is 0 Å². The van der Waals surface area contributed by atoms with Gasteiger partial charge in [0.1, 0.15) is 12.4 Å². The molecule has 24 heavy (non-hydrogen) atoms. The number of hydrogen-bond donors (Lipinski definition) is 3. The smallest absolute Gasteiger partial charge is 0.407 e. The predicted octanol–water partition coefficient (Wildman–Crippen LogP) is 1.76. The Labute approximate surface area is 142 Å². The summed E-state index contributed by atoms with van der Waals surface area (Å²) in [5, 5.41) is 19.3. The normalized spacial score (nSPS) is 9.88. The average Bonchev–Trinajstić information content (AvgIpc) is 2.59. The van der Waals surface area contributed by atoms with E-state index in [9.17, 15) is 9.59 Å². The van der Waals surface area contributed by atoms with Gasteiger partial charge in [0.2, 0.25) is 0 Å². The molecule has 1 heterocycles. The molecule has 0 atom stereocenters. The van der Waals surface area contributed by atoms with Gasteiger partial charge in [-0.15, -0.1) is 5.10 Å². The van der Waals surface area contributed by atoms with Gasteiger partial charge in [-0.3, -0.25) is 10.2 Å². The lowest BCUT2D eigenvalue weighted by Gasteiger charge is -2.09. The van der Waals surface area contributed by atoms with Crippen LogP contribution in [0, 0.1) is 5.41 Å². The minimum atomic E-state index is -0.693. The number of aromatic nitrogens is 2. The highest BCUT2D eigenvalue weighted by Gasteiger charge is 2.13. The lowest BCUT2D eigenvalue weighted by molar-refractivity contribution is 0.0975. The Morgan fingerprint density at radius 3 is 2.67 bits per heavy atom. The van der Waals surface area contributed by atoms with Gasteiger partial charge in [0, 0.05) is 0 Å². The highest BCUT2D eigenvalue weighted by molar-refractivity contribution is 6.32. The number of amides is 2. The molecule has 0 aliphatic heterocycles. The maximum atomic E-state index is 11.9. The number of benzene rings is 1. The number of rotatable bonds is 5. The summed E-state index contributed by atoms with van der Waals surface area (Å²) in [5.41, 5.74) is 0.930. The van der Waals surface area contributed by atoms with Gasteiger partial charge in [-0.1, -0.05) is 41.9 Å². The van der Waals surface area contributed by atoms with Crippen molar-refractivity contribution in [3.05, 3.63) is 58.9 Å². The quantitative estimate of drug-likeness (QED) is 0.562. The van der Waals surface area contributed by atoms with Gasteiger partial charge in [-0.25, -0.2) is 4.79 Å². The Morgan fingerprint density at radius 2 is 1.96 bits per heavy atom. The third kappa shape index (κ3) is 5.33. The molecule has 3 N–H and O–H groups in total. The van der Waals surface area contributed by atoms with Crippen LogP contribution in [0.3, 0.4) is 0 Å². The SMILES string of the molecule is N=C(CNC(=O)OCc1ccccc1)NC(=O)c1ccnnc1Cl. The molecule has 0 aliphatic carbocycles. The van der Waals surface area contributed by atoms with E-state index in [1.807, 2.05) is 30.3 Å². The molecule has 0 radical (unpaired) electrons. The zero-order valence-electron chi connectivity index (χ0n) is 12.5. The van der Waals surface area contributed by atoms with Gasteiger partial charge in [0.05, 0.1) is 18.3 Å². The number of ether oxygens (including phenoxy) is 1. The van der Waals surface area contributed by atoms with Crippen molar-refractivity contribution in [1.29, 1.82) is 5.41 Å². The molecule has 1 aromatic heterocycles. The number of nitrogens with zero attached hydrogens (tertiary/aromatic N) is 2. The fraction of sp³-hybridized carbons (Fsp3) is 0.133. The van der Waals surface area contributed by atoms with Crippen molar-refractivity contribution in [1.82, 2.24) is 20.8 Å².